The number of hydrogen-bond donors (Lipinski definition) is 0. The molecule has 0 saturated heterocycles. The van der Waals surface area contributed by atoms with Crippen molar-refractivity contribution in [3.05, 3.63) is 28.5 Å². The van der Waals surface area contributed by atoms with Crippen molar-refractivity contribution in [3.8, 4) is 10.8 Å². The highest BCUT2D eigenvalue weighted by Gasteiger charge is 2.33. The first-order valence-electron chi connectivity index (χ1n) is 8.50. The van der Waals surface area contributed by atoms with Gasteiger partial charge in [-0.25, -0.2) is 4.98 Å². The van der Waals surface area contributed by atoms with Gasteiger partial charge >= 0.3 is 5.97 Å². The summed E-state index contributed by atoms with van der Waals surface area (Å²) in [5.74, 6) is 0.938. The van der Waals surface area contributed by atoms with E-state index in [1.165, 1.54) is 11.3 Å². The van der Waals surface area contributed by atoms with Crippen LogP contribution < -0.4 is 0 Å². The van der Waals surface area contributed by atoms with Gasteiger partial charge in [-0.1, -0.05) is 0 Å². The minimum Gasteiger partial charge on any atom is -0.465 e. The van der Waals surface area contributed by atoms with Crippen LogP contribution in [-0.4, -0.2) is 41.0 Å². The maximum Gasteiger partial charge on any atom is 0.325 e. The summed E-state index contributed by atoms with van der Waals surface area (Å²) in [6.07, 6.45) is 2.93. The van der Waals surface area contributed by atoms with Gasteiger partial charge in [-0.05, 0) is 52.2 Å². The van der Waals surface area contributed by atoms with Crippen molar-refractivity contribution in [2.24, 2.45) is 0 Å². The van der Waals surface area contributed by atoms with E-state index in [1.54, 1.807) is 11.8 Å². The second kappa shape index (κ2) is 7.39. The Kier molecular flexibility index (Phi) is 5.22. The molecule has 2 aromatic heterocycles. The van der Waals surface area contributed by atoms with E-state index < -0.39 is 0 Å². The van der Waals surface area contributed by atoms with Crippen molar-refractivity contribution >= 4 is 23.2 Å². The number of carbonyl (C=O) groups excluding carboxylic acids is 2. The van der Waals surface area contributed by atoms with Crippen LogP contribution in [0.4, 0.5) is 0 Å². The fraction of sp³-hybridized carbons (Fsp3) is 0.500. The third-order valence-corrected chi connectivity index (χ3v) is 5.48. The summed E-state index contributed by atoms with van der Waals surface area (Å²) >= 11 is 1.31. The summed E-state index contributed by atoms with van der Waals surface area (Å²) in [5, 5.41) is 0.679. The highest BCUT2D eigenvalue weighted by molar-refractivity contribution is 7.17. The predicted octanol–water partition coefficient (Wildman–Crippen LogP) is 3.58. The quantitative estimate of drug-likeness (QED) is 0.735. The molecule has 0 aromatic carbocycles. The third kappa shape index (κ3) is 3.76. The Bertz CT molecular complexity index is 776. The van der Waals surface area contributed by atoms with Crippen LogP contribution >= 0.6 is 11.3 Å². The molecule has 1 amide bonds. The molecule has 2 aromatic rings. The number of furan rings is 1. The summed E-state index contributed by atoms with van der Waals surface area (Å²) in [5.41, 5.74) is 0.659. The molecular formula is C18H22N2O4S. The lowest BCUT2D eigenvalue weighted by Gasteiger charge is -2.36. The maximum absolute atomic E-state index is 13.0. The Hall–Kier alpha value is -2.15. The normalized spacial score (nSPS) is 14.2. The number of aromatic nitrogens is 1. The number of ether oxygens (including phenoxy) is 1. The lowest BCUT2D eigenvalue weighted by atomic mass is 9.91. The molecule has 0 unspecified atom stereocenters. The third-order valence-electron chi connectivity index (χ3n) is 4.32. The Labute approximate surface area is 150 Å². The fourth-order valence-corrected chi connectivity index (χ4v) is 3.78. The van der Waals surface area contributed by atoms with Crippen LogP contribution in [0, 0.1) is 13.8 Å². The van der Waals surface area contributed by atoms with Gasteiger partial charge in [0.05, 0.1) is 12.3 Å². The van der Waals surface area contributed by atoms with Crippen LogP contribution in [0.3, 0.4) is 0 Å². The van der Waals surface area contributed by atoms with E-state index in [1.807, 2.05) is 26.0 Å². The van der Waals surface area contributed by atoms with Crippen molar-refractivity contribution in [3.63, 3.8) is 0 Å². The molecule has 1 aliphatic carbocycles. The van der Waals surface area contributed by atoms with E-state index >= 15 is 0 Å². The van der Waals surface area contributed by atoms with E-state index in [9.17, 15) is 9.59 Å². The topological polar surface area (TPSA) is 72.6 Å². The SMILES string of the molecule is CCOC(=O)CN(C(=O)c1sc(-c2ccc(C)o2)nc1C)C1CCC1. The molecule has 6 nitrogen and oxygen atoms in total. The van der Waals surface area contributed by atoms with Crippen LogP contribution in [0.1, 0.15) is 47.3 Å². The zero-order chi connectivity index (χ0) is 18.0. The molecule has 0 radical (unpaired) electrons. The second-order valence-electron chi connectivity index (χ2n) is 6.17. The highest BCUT2D eigenvalue weighted by Crippen LogP contribution is 2.32. The van der Waals surface area contributed by atoms with E-state index in [0.717, 1.165) is 25.0 Å². The van der Waals surface area contributed by atoms with Crippen LogP contribution in [-0.2, 0) is 9.53 Å². The number of carbonyl (C=O) groups is 2. The average Bonchev–Trinajstić information content (AvgIpc) is 3.10. The van der Waals surface area contributed by atoms with Gasteiger partial charge in [0.1, 0.15) is 17.2 Å². The molecule has 1 aliphatic rings. The Morgan fingerprint density at radius 3 is 2.68 bits per heavy atom. The number of esters is 1. The number of nitrogens with zero attached hydrogens (tertiary/aromatic N) is 2. The number of aryl methyl sites for hydroxylation is 2. The lowest BCUT2D eigenvalue weighted by Crippen LogP contribution is -2.47. The molecule has 1 saturated carbocycles. The molecule has 1 fully saturated rings. The van der Waals surface area contributed by atoms with Gasteiger partial charge in [-0.3, -0.25) is 9.59 Å². The number of amides is 1. The summed E-state index contributed by atoms with van der Waals surface area (Å²) in [6, 6.07) is 3.83. The minimum atomic E-state index is -0.369. The first-order valence-corrected chi connectivity index (χ1v) is 9.32. The van der Waals surface area contributed by atoms with Gasteiger partial charge in [0.15, 0.2) is 10.8 Å². The van der Waals surface area contributed by atoms with E-state index in [4.69, 9.17) is 9.15 Å². The molecule has 0 spiro atoms. The molecule has 134 valence electrons. The molecule has 0 atom stereocenters. The Morgan fingerprint density at radius 2 is 2.12 bits per heavy atom. The van der Waals surface area contributed by atoms with Crippen LogP contribution in [0.25, 0.3) is 10.8 Å². The second-order valence-corrected chi connectivity index (χ2v) is 7.17. The van der Waals surface area contributed by atoms with E-state index in [-0.39, 0.29) is 24.5 Å². The Balaban J connectivity index is 1.84. The zero-order valence-corrected chi connectivity index (χ0v) is 15.5. The largest absolute Gasteiger partial charge is 0.465 e. The van der Waals surface area contributed by atoms with Gasteiger partial charge in [-0.2, -0.15) is 0 Å². The predicted molar refractivity (Wildman–Crippen MR) is 94.6 cm³/mol. The van der Waals surface area contributed by atoms with Gasteiger partial charge in [0.25, 0.3) is 5.91 Å². The number of hydrogen-bond acceptors (Lipinski definition) is 6. The molecule has 0 bridgehead atoms. The lowest BCUT2D eigenvalue weighted by molar-refractivity contribution is -0.144. The van der Waals surface area contributed by atoms with Crippen molar-refractivity contribution < 1.29 is 18.7 Å². The summed E-state index contributed by atoms with van der Waals surface area (Å²) < 4.78 is 10.6. The first-order chi connectivity index (χ1) is 12.0. The van der Waals surface area contributed by atoms with Crippen molar-refractivity contribution in [2.75, 3.05) is 13.2 Å². The van der Waals surface area contributed by atoms with E-state index in [2.05, 4.69) is 4.98 Å². The van der Waals surface area contributed by atoms with Crippen LogP contribution in [0.2, 0.25) is 0 Å². The van der Waals surface area contributed by atoms with Gasteiger partial charge < -0.3 is 14.1 Å². The van der Waals surface area contributed by atoms with E-state index in [0.29, 0.717) is 27.9 Å². The van der Waals surface area contributed by atoms with Gasteiger partial charge in [0.2, 0.25) is 0 Å². The minimum absolute atomic E-state index is 0.0100. The van der Waals surface area contributed by atoms with Gasteiger partial charge in [0, 0.05) is 6.04 Å². The average molecular weight is 362 g/mol. The molecule has 0 N–H and O–H groups in total. The fourth-order valence-electron chi connectivity index (χ4n) is 2.79. The smallest absolute Gasteiger partial charge is 0.325 e. The highest BCUT2D eigenvalue weighted by atomic mass is 32.1. The van der Waals surface area contributed by atoms with Crippen molar-refractivity contribution in [2.45, 2.75) is 46.1 Å². The Morgan fingerprint density at radius 1 is 1.36 bits per heavy atom. The number of thiazole rings is 1. The summed E-state index contributed by atoms with van der Waals surface area (Å²) in [4.78, 5) is 31.6. The summed E-state index contributed by atoms with van der Waals surface area (Å²) in [6.45, 7) is 5.75. The molecule has 3 rings (SSSR count). The standard InChI is InChI=1S/C18H22N2O4S/c1-4-23-15(21)10-20(13-6-5-7-13)18(22)16-12(3)19-17(25-16)14-9-8-11(2)24-14/h8-9,13H,4-7,10H2,1-3H3. The molecule has 0 aliphatic heterocycles. The monoisotopic (exact) mass is 362 g/mol. The molecule has 2 heterocycles. The zero-order valence-electron chi connectivity index (χ0n) is 14.7. The molecule has 25 heavy (non-hydrogen) atoms. The van der Waals surface area contributed by atoms with Crippen LogP contribution in [0.5, 0.6) is 0 Å². The van der Waals surface area contributed by atoms with Crippen LogP contribution in [0.15, 0.2) is 16.5 Å². The first kappa shape index (κ1) is 17.7. The van der Waals surface area contributed by atoms with Gasteiger partial charge in [-0.15, -0.1) is 11.3 Å². The number of rotatable bonds is 6. The molecular weight excluding hydrogens is 340 g/mol. The van der Waals surface area contributed by atoms with Crippen molar-refractivity contribution in [1.29, 1.82) is 0 Å². The maximum atomic E-state index is 13.0. The summed E-state index contributed by atoms with van der Waals surface area (Å²) in [7, 11) is 0. The van der Waals surface area contributed by atoms with Crippen molar-refractivity contribution in [1.82, 2.24) is 9.88 Å². The molecule has 7 heteroatoms.